The van der Waals surface area contributed by atoms with Crippen molar-refractivity contribution in [1.82, 2.24) is 16.0 Å². The fourth-order valence-electron chi connectivity index (χ4n) is 4.72. The Morgan fingerprint density at radius 2 is 0.980 bits per heavy atom. The summed E-state index contributed by atoms with van der Waals surface area (Å²) in [5.41, 5.74) is 0. The van der Waals surface area contributed by atoms with Crippen LogP contribution < -0.4 is 16.0 Å². The highest BCUT2D eigenvalue weighted by Gasteiger charge is 2.28. The van der Waals surface area contributed by atoms with Gasteiger partial charge in [0.2, 0.25) is 17.7 Å². The molecule has 17 nitrogen and oxygen atoms in total. The first-order chi connectivity index (χ1) is 22.8. The number of rotatable bonds is 28. The number of ketones is 3. The second-order valence-corrected chi connectivity index (χ2v) is 12.1. The normalized spacial score (nSPS) is 13.9. The maximum absolute atomic E-state index is 12.5. The summed E-state index contributed by atoms with van der Waals surface area (Å²) in [6, 6.07) is -2.89. The summed E-state index contributed by atoms with van der Waals surface area (Å²) >= 11 is 0. The Balaban J connectivity index is 4.79. The van der Waals surface area contributed by atoms with Crippen molar-refractivity contribution in [3.05, 3.63) is 0 Å². The van der Waals surface area contributed by atoms with Crippen LogP contribution in [0.15, 0.2) is 0 Å². The van der Waals surface area contributed by atoms with Crippen LogP contribution in [0.5, 0.6) is 0 Å². The molecule has 3 amide bonds. The molecule has 0 saturated carbocycles. The molecule has 0 radical (unpaired) electrons. The van der Waals surface area contributed by atoms with Gasteiger partial charge in [0.15, 0.2) is 0 Å². The van der Waals surface area contributed by atoms with E-state index in [4.69, 9.17) is 5.11 Å². The highest BCUT2D eigenvalue weighted by Crippen LogP contribution is 2.17. The Morgan fingerprint density at radius 3 is 1.39 bits per heavy atom. The second kappa shape index (κ2) is 23.6. The van der Waals surface area contributed by atoms with Gasteiger partial charge in [-0.3, -0.25) is 38.4 Å². The summed E-state index contributed by atoms with van der Waals surface area (Å²) in [6.45, 7) is 4.79. The van der Waals surface area contributed by atoms with Crippen LogP contribution in [-0.4, -0.2) is 98.0 Å². The first-order valence-corrected chi connectivity index (χ1v) is 16.1. The summed E-state index contributed by atoms with van der Waals surface area (Å²) < 4.78 is 0. The second-order valence-electron chi connectivity index (χ2n) is 12.1. The topological polar surface area (TPSA) is 288 Å². The van der Waals surface area contributed by atoms with E-state index in [0.29, 0.717) is 19.4 Å². The molecule has 0 aromatic heterocycles. The number of carbonyl (C=O) groups excluding carboxylic acids is 6. The van der Waals surface area contributed by atoms with E-state index < -0.39 is 103 Å². The third-order valence-corrected chi connectivity index (χ3v) is 7.90. The van der Waals surface area contributed by atoms with Gasteiger partial charge in [0, 0.05) is 57.9 Å². The summed E-state index contributed by atoms with van der Waals surface area (Å²) in [7, 11) is 0. The lowest BCUT2D eigenvalue weighted by Gasteiger charge is -2.17. The zero-order chi connectivity index (χ0) is 37.7. The minimum absolute atomic E-state index is 0.0643. The van der Waals surface area contributed by atoms with Gasteiger partial charge >= 0.3 is 23.9 Å². The minimum Gasteiger partial charge on any atom is -0.481 e. The smallest absolute Gasteiger partial charge is 0.326 e. The van der Waals surface area contributed by atoms with E-state index in [1.807, 2.05) is 6.92 Å². The highest BCUT2D eigenvalue weighted by molar-refractivity contribution is 5.88. The fourth-order valence-corrected chi connectivity index (χ4v) is 4.72. The lowest BCUT2D eigenvalue weighted by Crippen LogP contribution is -2.41. The standard InChI is InChI=1S/C32H49N3O14/c1-18(19(2)36)6-4-5-15-33-27(40)13-7-21(29(42)43)16-24(39)10-12-26(32(48)49)35-28(41)14-8-22(30(44)45)17-23(38)9-11-25(31(46)47)34-20(3)37/h18,21-22,25-26H,4-17H2,1-3H3,(H,33,40)(H,34,37)(H,35,41)(H,42,43)(H,44,45)(H,46,47)(H,48,49)/t18-,21+,22+,25-,26-/m0/s1. The fraction of sp³-hybridized carbons (Fsp3) is 0.688. The van der Waals surface area contributed by atoms with Crippen molar-refractivity contribution >= 4 is 58.9 Å². The van der Waals surface area contributed by atoms with E-state index in [1.54, 1.807) is 0 Å². The van der Waals surface area contributed by atoms with E-state index in [9.17, 15) is 63.3 Å². The van der Waals surface area contributed by atoms with Crippen LogP contribution >= 0.6 is 0 Å². The van der Waals surface area contributed by atoms with Crippen LogP contribution in [0, 0.1) is 17.8 Å². The highest BCUT2D eigenvalue weighted by atomic mass is 16.4. The molecule has 7 N–H and O–H groups in total. The van der Waals surface area contributed by atoms with Gasteiger partial charge in [-0.1, -0.05) is 13.3 Å². The molecular weight excluding hydrogens is 650 g/mol. The van der Waals surface area contributed by atoms with Crippen molar-refractivity contribution in [1.29, 1.82) is 0 Å². The molecule has 0 aromatic carbocycles. The molecule has 5 atom stereocenters. The van der Waals surface area contributed by atoms with E-state index in [-0.39, 0.29) is 50.2 Å². The number of carboxylic acid groups (broad SMARTS) is 4. The quantitative estimate of drug-likeness (QED) is 0.0563. The third kappa shape index (κ3) is 21.0. The molecule has 0 heterocycles. The molecule has 0 fully saturated rings. The van der Waals surface area contributed by atoms with Gasteiger partial charge in [-0.25, -0.2) is 9.59 Å². The average Bonchev–Trinajstić information content (AvgIpc) is 3.00. The van der Waals surface area contributed by atoms with Crippen molar-refractivity contribution < 1.29 is 68.4 Å². The molecule has 0 aliphatic rings. The SMILES string of the molecule is CC(=O)N[C@@H](CCC(=O)C[C@@H](CCC(=O)N[C@@H](CCC(=O)C[C@@H](CCC(=O)NCCCC[C@H](C)C(C)=O)C(=O)O)C(=O)O)C(=O)O)C(=O)O. The molecule has 0 bridgehead atoms. The van der Waals surface area contributed by atoms with E-state index in [2.05, 4.69) is 16.0 Å². The number of carboxylic acids is 4. The van der Waals surface area contributed by atoms with Crippen LogP contribution in [0.2, 0.25) is 0 Å². The average molecular weight is 700 g/mol. The molecule has 0 aromatic rings. The van der Waals surface area contributed by atoms with Gasteiger partial charge < -0.3 is 36.4 Å². The molecule has 276 valence electrons. The molecular formula is C32H49N3O14. The van der Waals surface area contributed by atoms with E-state index in [1.165, 1.54) is 6.92 Å². The van der Waals surface area contributed by atoms with Gasteiger partial charge in [-0.05, 0) is 45.4 Å². The molecule has 17 heteroatoms. The van der Waals surface area contributed by atoms with Crippen molar-refractivity contribution in [3.8, 4) is 0 Å². The molecule has 0 spiro atoms. The number of carbonyl (C=O) groups is 10. The number of amides is 3. The zero-order valence-corrected chi connectivity index (χ0v) is 28.2. The summed E-state index contributed by atoms with van der Waals surface area (Å²) in [4.78, 5) is 118. The number of unbranched alkanes of at least 4 members (excludes halogenated alkanes) is 1. The number of Topliss-reactive ketones (excluding diaryl/α,β-unsaturated/α-hetero) is 3. The predicted octanol–water partition coefficient (Wildman–Crippen LogP) is 1.10. The van der Waals surface area contributed by atoms with Crippen molar-refractivity contribution in [3.63, 3.8) is 0 Å². The van der Waals surface area contributed by atoms with Gasteiger partial charge in [-0.2, -0.15) is 0 Å². The van der Waals surface area contributed by atoms with Gasteiger partial charge in [0.25, 0.3) is 0 Å². The monoisotopic (exact) mass is 699 g/mol. The number of hydrogen-bond donors (Lipinski definition) is 7. The van der Waals surface area contributed by atoms with Crippen LogP contribution in [0.3, 0.4) is 0 Å². The van der Waals surface area contributed by atoms with E-state index >= 15 is 0 Å². The van der Waals surface area contributed by atoms with Crippen LogP contribution in [0.25, 0.3) is 0 Å². The molecule has 0 aliphatic heterocycles. The number of nitrogens with one attached hydrogen (secondary N) is 3. The summed E-state index contributed by atoms with van der Waals surface area (Å²) in [5, 5.41) is 44.6. The van der Waals surface area contributed by atoms with E-state index in [0.717, 1.165) is 13.3 Å². The zero-order valence-electron chi connectivity index (χ0n) is 28.2. The molecule has 0 unspecified atom stereocenters. The van der Waals surface area contributed by atoms with Crippen LogP contribution in [0.4, 0.5) is 0 Å². The molecule has 49 heavy (non-hydrogen) atoms. The predicted molar refractivity (Wildman–Crippen MR) is 170 cm³/mol. The van der Waals surface area contributed by atoms with Crippen molar-refractivity contribution in [2.75, 3.05) is 6.54 Å². The van der Waals surface area contributed by atoms with Gasteiger partial charge in [-0.15, -0.1) is 0 Å². The largest absolute Gasteiger partial charge is 0.481 e. The van der Waals surface area contributed by atoms with Gasteiger partial charge in [0.05, 0.1) is 11.8 Å². The maximum atomic E-state index is 12.5. The number of aliphatic carboxylic acids is 4. The van der Waals surface area contributed by atoms with Gasteiger partial charge in [0.1, 0.15) is 29.4 Å². The van der Waals surface area contributed by atoms with Crippen LogP contribution in [-0.2, 0) is 47.9 Å². The van der Waals surface area contributed by atoms with Crippen molar-refractivity contribution in [2.45, 2.75) is 116 Å². The van der Waals surface area contributed by atoms with Crippen molar-refractivity contribution in [2.24, 2.45) is 17.8 Å². The van der Waals surface area contributed by atoms with Crippen LogP contribution in [0.1, 0.15) is 104 Å². The lowest BCUT2D eigenvalue weighted by molar-refractivity contribution is -0.145. The summed E-state index contributed by atoms with van der Waals surface area (Å²) in [6.07, 6.45) is -1.42. The lowest BCUT2D eigenvalue weighted by atomic mass is 9.93. The third-order valence-electron chi connectivity index (χ3n) is 7.90. The Labute approximate surface area is 283 Å². The first-order valence-electron chi connectivity index (χ1n) is 16.1. The summed E-state index contributed by atoms with van der Waals surface area (Å²) in [5.74, 6) is -11.1. The Kier molecular flexibility index (Phi) is 21.3. The first kappa shape index (κ1) is 44.3. The molecule has 0 rings (SSSR count). The number of hydrogen-bond acceptors (Lipinski definition) is 10. The Bertz CT molecular complexity index is 1220. The Morgan fingerprint density at radius 1 is 0.531 bits per heavy atom. The Hall–Kier alpha value is -4.70. The maximum Gasteiger partial charge on any atom is 0.326 e. The molecule has 0 saturated heterocycles. The minimum atomic E-state index is -1.55. The molecule has 0 aliphatic carbocycles.